The maximum absolute atomic E-state index is 13.3. The molecule has 1 rings (SSSR count). The molecule has 96 valence electrons. The Morgan fingerprint density at radius 1 is 1.24 bits per heavy atom. The highest BCUT2D eigenvalue weighted by molar-refractivity contribution is 5.29. The van der Waals surface area contributed by atoms with Crippen LogP contribution in [0.15, 0.2) is 18.2 Å². The molecule has 17 heavy (non-hydrogen) atoms. The van der Waals surface area contributed by atoms with E-state index in [0.29, 0.717) is 12.3 Å². The number of benzene rings is 1. The molecule has 0 aliphatic carbocycles. The average molecular weight is 241 g/mol. The smallest absolute Gasteiger partial charge is 0.188 e. The standard InChI is InChI=1S/C13H20FNO2/c1-13(2,3)15-8-10-5-11(14)7-12(6-10)17-9-16-4/h5-7,15H,8-9H2,1-4H3. The largest absolute Gasteiger partial charge is 0.467 e. The molecule has 4 heteroatoms. The van der Waals surface area contributed by atoms with Crippen LogP contribution >= 0.6 is 0 Å². The van der Waals surface area contributed by atoms with Gasteiger partial charge in [-0.25, -0.2) is 4.39 Å². The lowest BCUT2D eigenvalue weighted by Gasteiger charge is -2.20. The number of hydrogen-bond donors (Lipinski definition) is 1. The van der Waals surface area contributed by atoms with Crippen molar-refractivity contribution in [3.63, 3.8) is 0 Å². The number of methoxy groups -OCH3 is 1. The number of halogens is 1. The zero-order chi connectivity index (χ0) is 12.9. The van der Waals surface area contributed by atoms with E-state index in [1.807, 2.05) is 0 Å². The summed E-state index contributed by atoms with van der Waals surface area (Å²) in [5, 5.41) is 3.30. The molecule has 0 atom stereocenters. The van der Waals surface area contributed by atoms with E-state index in [1.54, 1.807) is 6.07 Å². The SMILES string of the molecule is COCOc1cc(F)cc(CNC(C)(C)C)c1. The zero-order valence-corrected chi connectivity index (χ0v) is 10.8. The first-order valence-electron chi connectivity index (χ1n) is 5.57. The van der Waals surface area contributed by atoms with Crippen LogP contribution in [0, 0.1) is 5.82 Å². The Balaban J connectivity index is 2.68. The number of nitrogens with one attached hydrogen (secondary N) is 1. The summed E-state index contributed by atoms with van der Waals surface area (Å²) >= 11 is 0. The minimum absolute atomic E-state index is 0.000131. The van der Waals surface area contributed by atoms with Gasteiger partial charge in [-0.05, 0) is 38.5 Å². The van der Waals surface area contributed by atoms with Gasteiger partial charge in [-0.15, -0.1) is 0 Å². The summed E-state index contributed by atoms with van der Waals surface area (Å²) in [5.74, 6) is 0.182. The maximum Gasteiger partial charge on any atom is 0.188 e. The highest BCUT2D eigenvalue weighted by Crippen LogP contribution is 2.17. The fourth-order valence-electron chi connectivity index (χ4n) is 1.30. The first kappa shape index (κ1) is 13.9. The summed E-state index contributed by atoms with van der Waals surface area (Å²) in [6.45, 7) is 6.91. The van der Waals surface area contributed by atoms with Crippen molar-refractivity contribution >= 4 is 0 Å². The van der Waals surface area contributed by atoms with Gasteiger partial charge >= 0.3 is 0 Å². The molecule has 0 saturated carbocycles. The number of hydrogen-bond acceptors (Lipinski definition) is 3. The van der Waals surface area contributed by atoms with Gasteiger partial charge in [0.2, 0.25) is 0 Å². The molecule has 1 aromatic rings. The summed E-state index contributed by atoms with van der Waals surface area (Å²) in [6, 6.07) is 4.65. The van der Waals surface area contributed by atoms with Crippen LogP contribution in [0.5, 0.6) is 5.75 Å². The molecule has 0 saturated heterocycles. The molecule has 1 aromatic carbocycles. The normalized spacial score (nSPS) is 11.6. The molecule has 1 N–H and O–H groups in total. The fraction of sp³-hybridized carbons (Fsp3) is 0.538. The van der Waals surface area contributed by atoms with Crippen LogP contribution in [0.4, 0.5) is 4.39 Å². The third-order valence-corrected chi connectivity index (χ3v) is 2.10. The predicted octanol–water partition coefficient (Wildman–Crippen LogP) is 2.70. The van der Waals surface area contributed by atoms with E-state index in [-0.39, 0.29) is 18.1 Å². The zero-order valence-electron chi connectivity index (χ0n) is 10.8. The van der Waals surface area contributed by atoms with Crippen molar-refractivity contribution in [3.8, 4) is 5.75 Å². The summed E-state index contributed by atoms with van der Waals surface area (Å²) in [7, 11) is 1.53. The lowest BCUT2D eigenvalue weighted by Crippen LogP contribution is -2.35. The van der Waals surface area contributed by atoms with Crippen molar-refractivity contribution in [2.75, 3.05) is 13.9 Å². The Morgan fingerprint density at radius 3 is 2.53 bits per heavy atom. The monoisotopic (exact) mass is 241 g/mol. The third kappa shape index (κ3) is 5.65. The van der Waals surface area contributed by atoms with E-state index >= 15 is 0 Å². The average Bonchev–Trinajstić information content (AvgIpc) is 2.22. The lowest BCUT2D eigenvalue weighted by molar-refractivity contribution is 0.0508. The van der Waals surface area contributed by atoms with Crippen molar-refractivity contribution in [1.29, 1.82) is 0 Å². The Kier molecular flexibility index (Phi) is 4.90. The molecule has 0 radical (unpaired) electrons. The van der Waals surface area contributed by atoms with Gasteiger partial charge in [0.25, 0.3) is 0 Å². The summed E-state index contributed by atoms with van der Waals surface area (Å²) < 4.78 is 23.3. The first-order valence-corrected chi connectivity index (χ1v) is 5.57. The summed E-state index contributed by atoms with van der Waals surface area (Å²) in [5.41, 5.74) is 0.853. The summed E-state index contributed by atoms with van der Waals surface area (Å²) in [6.07, 6.45) is 0. The maximum atomic E-state index is 13.3. The van der Waals surface area contributed by atoms with E-state index in [2.05, 4.69) is 26.1 Å². The van der Waals surface area contributed by atoms with E-state index in [1.165, 1.54) is 19.2 Å². The van der Waals surface area contributed by atoms with Crippen molar-refractivity contribution in [2.45, 2.75) is 32.9 Å². The Morgan fingerprint density at radius 2 is 1.94 bits per heavy atom. The van der Waals surface area contributed by atoms with Gasteiger partial charge in [0.15, 0.2) is 6.79 Å². The Labute approximate surface area is 102 Å². The molecular formula is C13H20FNO2. The molecule has 0 heterocycles. The predicted molar refractivity (Wildman–Crippen MR) is 65.5 cm³/mol. The van der Waals surface area contributed by atoms with Crippen molar-refractivity contribution in [2.24, 2.45) is 0 Å². The van der Waals surface area contributed by atoms with Crippen molar-refractivity contribution in [3.05, 3.63) is 29.6 Å². The summed E-state index contributed by atoms with van der Waals surface area (Å²) in [4.78, 5) is 0. The first-order chi connectivity index (χ1) is 7.90. The van der Waals surface area contributed by atoms with Crippen molar-refractivity contribution < 1.29 is 13.9 Å². The molecule has 0 aliphatic rings. The van der Waals surface area contributed by atoms with E-state index in [4.69, 9.17) is 9.47 Å². The molecule has 0 fully saturated rings. The van der Waals surface area contributed by atoms with E-state index < -0.39 is 0 Å². The molecule has 0 unspecified atom stereocenters. The second-order valence-electron chi connectivity index (χ2n) is 4.95. The van der Waals surface area contributed by atoms with Gasteiger partial charge in [-0.3, -0.25) is 0 Å². The number of rotatable bonds is 5. The molecule has 0 aromatic heterocycles. The molecule has 0 aliphatic heterocycles. The highest BCUT2D eigenvalue weighted by Gasteiger charge is 2.09. The minimum atomic E-state index is -0.302. The van der Waals surface area contributed by atoms with Gasteiger partial charge in [-0.2, -0.15) is 0 Å². The van der Waals surface area contributed by atoms with Crippen molar-refractivity contribution in [1.82, 2.24) is 5.32 Å². The van der Waals surface area contributed by atoms with Gasteiger partial charge in [0.05, 0.1) is 0 Å². The van der Waals surface area contributed by atoms with Crippen LogP contribution < -0.4 is 10.1 Å². The van der Waals surface area contributed by atoms with Crippen LogP contribution in [0.3, 0.4) is 0 Å². The van der Waals surface area contributed by atoms with Crippen LogP contribution in [-0.4, -0.2) is 19.4 Å². The van der Waals surface area contributed by atoms with Crippen LogP contribution in [0.25, 0.3) is 0 Å². The Hall–Kier alpha value is -1.13. The van der Waals surface area contributed by atoms with Crippen LogP contribution in [0.2, 0.25) is 0 Å². The number of ether oxygens (including phenoxy) is 2. The molecule has 0 amide bonds. The highest BCUT2D eigenvalue weighted by atomic mass is 19.1. The van der Waals surface area contributed by atoms with Gasteiger partial charge in [-0.1, -0.05) is 0 Å². The molecular weight excluding hydrogens is 221 g/mol. The lowest BCUT2D eigenvalue weighted by atomic mass is 10.1. The molecule has 0 spiro atoms. The van der Waals surface area contributed by atoms with E-state index in [0.717, 1.165) is 5.56 Å². The fourth-order valence-corrected chi connectivity index (χ4v) is 1.30. The Bertz CT molecular complexity index is 361. The topological polar surface area (TPSA) is 30.5 Å². The quantitative estimate of drug-likeness (QED) is 0.804. The van der Waals surface area contributed by atoms with Gasteiger partial charge < -0.3 is 14.8 Å². The van der Waals surface area contributed by atoms with Crippen LogP contribution in [0.1, 0.15) is 26.3 Å². The second-order valence-corrected chi connectivity index (χ2v) is 4.95. The molecule has 0 bridgehead atoms. The van der Waals surface area contributed by atoms with Gasteiger partial charge in [0.1, 0.15) is 11.6 Å². The minimum Gasteiger partial charge on any atom is -0.467 e. The van der Waals surface area contributed by atoms with E-state index in [9.17, 15) is 4.39 Å². The third-order valence-electron chi connectivity index (χ3n) is 2.10. The second kappa shape index (κ2) is 5.98. The van der Waals surface area contributed by atoms with Crippen LogP contribution in [-0.2, 0) is 11.3 Å². The van der Waals surface area contributed by atoms with Gasteiger partial charge in [0, 0.05) is 25.3 Å². The molecule has 3 nitrogen and oxygen atoms in total.